The monoisotopic (exact) mass is 293 g/mol. The fourth-order valence-electron chi connectivity index (χ4n) is 1.78. The van der Waals surface area contributed by atoms with Crippen molar-refractivity contribution in [3.63, 3.8) is 0 Å². The molecule has 0 spiro atoms. The molecule has 112 valence electrons. The molecule has 0 saturated carbocycles. The number of oxime groups is 1. The van der Waals surface area contributed by atoms with Gasteiger partial charge in [-0.25, -0.2) is 8.42 Å². The molecule has 8 heteroatoms. The summed E-state index contributed by atoms with van der Waals surface area (Å²) >= 11 is 0. The van der Waals surface area contributed by atoms with Crippen LogP contribution in [0.25, 0.3) is 0 Å². The van der Waals surface area contributed by atoms with Gasteiger partial charge in [-0.05, 0) is 12.8 Å². The molecule has 1 amide bonds. The standard InChI is InChI=1S/C11H23N3O4S/c1-4-11(5-2,9(12)14-16)10(15)13-7-8-19(17,18)6-3/h16H,4-8H2,1-3H3,(H2,12,14)(H,13,15). The van der Waals surface area contributed by atoms with Crippen LogP contribution in [0.3, 0.4) is 0 Å². The van der Waals surface area contributed by atoms with E-state index in [0.717, 1.165) is 0 Å². The van der Waals surface area contributed by atoms with E-state index in [-0.39, 0.29) is 23.9 Å². The number of amidine groups is 1. The van der Waals surface area contributed by atoms with E-state index in [2.05, 4.69) is 10.5 Å². The Hall–Kier alpha value is -1.31. The van der Waals surface area contributed by atoms with Crippen molar-refractivity contribution in [3.05, 3.63) is 0 Å². The van der Waals surface area contributed by atoms with Gasteiger partial charge in [0.2, 0.25) is 5.91 Å². The van der Waals surface area contributed by atoms with E-state index in [9.17, 15) is 13.2 Å². The molecule has 19 heavy (non-hydrogen) atoms. The SMILES string of the molecule is CCC(CC)(C(=O)NCCS(=O)(=O)CC)C(N)=NO. The number of nitrogens with one attached hydrogen (secondary N) is 1. The molecule has 0 aliphatic rings. The van der Waals surface area contributed by atoms with Crippen molar-refractivity contribution in [2.24, 2.45) is 16.3 Å². The highest BCUT2D eigenvalue weighted by atomic mass is 32.2. The van der Waals surface area contributed by atoms with Gasteiger partial charge in [-0.3, -0.25) is 4.79 Å². The minimum atomic E-state index is -3.13. The van der Waals surface area contributed by atoms with Crippen LogP contribution < -0.4 is 11.1 Å². The first kappa shape index (κ1) is 17.7. The molecule has 0 rings (SSSR count). The van der Waals surface area contributed by atoms with Gasteiger partial charge < -0.3 is 16.3 Å². The lowest BCUT2D eigenvalue weighted by atomic mass is 9.80. The Balaban J connectivity index is 4.78. The zero-order valence-electron chi connectivity index (χ0n) is 11.6. The molecule has 0 fully saturated rings. The number of sulfone groups is 1. The lowest BCUT2D eigenvalue weighted by molar-refractivity contribution is -0.127. The Labute approximate surface area is 114 Å². The van der Waals surface area contributed by atoms with Gasteiger partial charge in [-0.15, -0.1) is 0 Å². The summed E-state index contributed by atoms with van der Waals surface area (Å²) in [5.74, 6) is -0.655. The Morgan fingerprint density at radius 2 is 1.84 bits per heavy atom. The third-order valence-electron chi connectivity index (χ3n) is 3.38. The number of carbonyl (C=O) groups is 1. The molecule has 0 aromatic rings. The quantitative estimate of drug-likeness (QED) is 0.253. The van der Waals surface area contributed by atoms with Crippen LogP contribution in [-0.2, 0) is 14.6 Å². The molecule has 0 radical (unpaired) electrons. The number of nitrogens with zero attached hydrogens (tertiary/aromatic N) is 1. The maximum Gasteiger partial charge on any atom is 0.233 e. The number of nitrogens with two attached hydrogens (primary N) is 1. The lowest BCUT2D eigenvalue weighted by Crippen LogP contribution is -2.50. The van der Waals surface area contributed by atoms with Crippen molar-refractivity contribution < 1.29 is 18.4 Å². The Morgan fingerprint density at radius 3 is 2.21 bits per heavy atom. The molecule has 0 heterocycles. The first-order valence-electron chi connectivity index (χ1n) is 6.26. The second kappa shape index (κ2) is 7.32. The Kier molecular flexibility index (Phi) is 6.82. The number of hydrogen-bond acceptors (Lipinski definition) is 5. The zero-order chi connectivity index (χ0) is 15.1. The number of rotatable bonds is 8. The third kappa shape index (κ3) is 4.38. The van der Waals surface area contributed by atoms with Crippen LogP contribution in [-0.4, -0.2) is 43.4 Å². The van der Waals surface area contributed by atoms with Crippen LogP contribution in [0.15, 0.2) is 5.16 Å². The highest BCUT2D eigenvalue weighted by Crippen LogP contribution is 2.26. The predicted octanol–water partition coefficient (Wildman–Crippen LogP) is 0.0901. The number of hydrogen-bond donors (Lipinski definition) is 3. The average Bonchev–Trinajstić information content (AvgIpc) is 2.40. The number of amides is 1. The molecule has 0 unspecified atom stereocenters. The van der Waals surface area contributed by atoms with E-state index in [1.807, 2.05) is 0 Å². The van der Waals surface area contributed by atoms with Gasteiger partial charge in [0, 0.05) is 12.3 Å². The first-order chi connectivity index (χ1) is 8.79. The summed E-state index contributed by atoms with van der Waals surface area (Å²) in [6, 6.07) is 0. The zero-order valence-corrected chi connectivity index (χ0v) is 12.5. The molecule has 0 aromatic heterocycles. The Bertz CT molecular complexity index is 427. The normalized spacial score (nSPS) is 13.3. The smallest absolute Gasteiger partial charge is 0.233 e. The second-order valence-corrected chi connectivity index (χ2v) is 6.74. The van der Waals surface area contributed by atoms with Crippen LogP contribution in [0.1, 0.15) is 33.6 Å². The molecule has 0 aromatic carbocycles. The summed E-state index contributed by atoms with van der Waals surface area (Å²) in [5, 5.41) is 14.2. The average molecular weight is 293 g/mol. The molecule has 4 N–H and O–H groups in total. The van der Waals surface area contributed by atoms with E-state index in [1.165, 1.54) is 0 Å². The van der Waals surface area contributed by atoms with Crippen molar-refractivity contribution in [3.8, 4) is 0 Å². The summed E-state index contributed by atoms with van der Waals surface area (Å²) < 4.78 is 22.6. The van der Waals surface area contributed by atoms with Crippen LogP contribution >= 0.6 is 0 Å². The highest BCUT2D eigenvalue weighted by Gasteiger charge is 2.39. The fourth-order valence-corrected chi connectivity index (χ4v) is 2.48. The van der Waals surface area contributed by atoms with Crippen molar-refractivity contribution in [1.29, 1.82) is 0 Å². The van der Waals surface area contributed by atoms with Crippen LogP contribution in [0, 0.1) is 5.41 Å². The molecule has 0 aliphatic heterocycles. The summed E-state index contributed by atoms with van der Waals surface area (Å²) in [6.45, 7) is 5.08. The maximum atomic E-state index is 12.1. The molecule has 0 bridgehead atoms. The van der Waals surface area contributed by atoms with Crippen molar-refractivity contribution in [2.45, 2.75) is 33.6 Å². The minimum Gasteiger partial charge on any atom is -0.409 e. The molecule has 7 nitrogen and oxygen atoms in total. The van der Waals surface area contributed by atoms with Gasteiger partial charge in [0.05, 0.1) is 5.75 Å². The minimum absolute atomic E-state index is 0.0233. The largest absolute Gasteiger partial charge is 0.409 e. The van der Waals surface area contributed by atoms with Crippen LogP contribution in [0.5, 0.6) is 0 Å². The van der Waals surface area contributed by atoms with E-state index >= 15 is 0 Å². The molecule has 0 atom stereocenters. The van der Waals surface area contributed by atoms with Gasteiger partial charge in [0.15, 0.2) is 15.7 Å². The van der Waals surface area contributed by atoms with Gasteiger partial charge in [-0.2, -0.15) is 0 Å². The summed E-state index contributed by atoms with van der Waals surface area (Å²) in [7, 11) is -3.13. The Morgan fingerprint density at radius 1 is 1.32 bits per heavy atom. The summed E-state index contributed by atoms with van der Waals surface area (Å²) in [4.78, 5) is 12.1. The topological polar surface area (TPSA) is 122 Å². The highest BCUT2D eigenvalue weighted by molar-refractivity contribution is 7.91. The van der Waals surface area contributed by atoms with E-state index < -0.39 is 21.2 Å². The predicted molar refractivity (Wildman–Crippen MR) is 73.8 cm³/mol. The maximum absolute atomic E-state index is 12.1. The second-order valence-electron chi connectivity index (χ2n) is 4.27. The number of carbonyl (C=O) groups excluding carboxylic acids is 1. The van der Waals surface area contributed by atoms with Crippen molar-refractivity contribution in [1.82, 2.24) is 5.32 Å². The summed E-state index contributed by atoms with van der Waals surface area (Å²) in [6.07, 6.45) is 0.734. The van der Waals surface area contributed by atoms with Gasteiger partial charge in [0.25, 0.3) is 0 Å². The van der Waals surface area contributed by atoms with E-state index in [4.69, 9.17) is 10.9 Å². The van der Waals surface area contributed by atoms with Gasteiger partial charge in [-0.1, -0.05) is 25.9 Å². The van der Waals surface area contributed by atoms with Crippen LogP contribution in [0.4, 0.5) is 0 Å². The van der Waals surface area contributed by atoms with Crippen molar-refractivity contribution in [2.75, 3.05) is 18.1 Å². The first-order valence-corrected chi connectivity index (χ1v) is 8.08. The molecule has 0 saturated heterocycles. The van der Waals surface area contributed by atoms with Gasteiger partial charge >= 0.3 is 0 Å². The fraction of sp³-hybridized carbons (Fsp3) is 0.818. The van der Waals surface area contributed by atoms with E-state index in [0.29, 0.717) is 12.8 Å². The molecular weight excluding hydrogens is 270 g/mol. The van der Waals surface area contributed by atoms with Crippen molar-refractivity contribution >= 4 is 21.6 Å². The van der Waals surface area contributed by atoms with Crippen LogP contribution in [0.2, 0.25) is 0 Å². The molecular formula is C11H23N3O4S. The lowest BCUT2D eigenvalue weighted by Gasteiger charge is -2.28. The molecule has 0 aliphatic carbocycles. The third-order valence-corrected chi connectivity index (χ3v) is 5.08. The summed E-state index contributed by atoms with van der Waals surface area (Å²) in [5.41, 5.74) is 4.49. The van der Waals surface area contributed by atoms with Gasteiger partial charge in [0.1, 0.15) is 5.41 Å². The van der Waals surface area contributed by atoms with E-state index in [1.54, 1.807) is 20.8 Å².